The first kappa shape index (κ1) is 25.9. The van der Waals surface area contributed by atoms with Crippen molar-refractivity contribution in [2.75, 3.05) is 13.7 Å². The lowest BCUT2D eigenvalue weighted by Gasteiger charge is -2.24. The van der Waals surface area contributed by atoms with Crippen LogP contribution in [0.1, 0.15) is 39.2 Å². The molecule has 1 rings (SSSR count). The van der Waals surface area contributed by atoms with Crippen molar-refractivity contribution in [1.29, 1.82) is 0 Å². The standard InChI is InChI=1S/C21H31N3O7/c1-21(2,3)31-20(28)24-16(13-30-12-14-8-6-5-7-9-14)19(27)23-15(18(22)26)10-11-17(25)29-4/h5-9,15-16H,10-13H2,1-4H3,(H2,22,26)(H,23,27)(H,24,28)/t15-,16+/m1/s1. The number of methoxy groups -OCH3 is 1. The van der Waals surface area contributed by atoms with Gasteiger partial charge in [-0.3, -0.25) is 14.4 Å². The number of hydrogen-bond donors (Lipinski definition) is 3. The fraction of sp³-hybridized carbons (Fsp3) is 0.524. The van der Waals surface area contributed by atoms with Crippen molar-refractivity contribution in [1.82, 2.24) is 10.6 Å². The topological polar surface area (TPSA) is 146 Å². The minimum atomic E-state index is -1.15. The second-order valence-electron chi connectivity index (χ2n) is 7.78. The van der Waals surface area contributed by atoms with Gasteiger partial charge in [0.2, 0.25) is 11.8 Å². The number of benzene rings is 1. The van der Waals surface area contributed by atoms with E-state index in [1.165, 1.54) is 7.11 Å². The number of carbonyl (C=O) groups excluding carboxylic acids is 4. The monoisotopic (exact) mass is 437 g/mol. The Labute approximate surface area is 181 Å². The lowest BCUT2D eigenvalue weighted by molar-refractivity contribution is -0.141. The van der Waals surface area contributed by atoms with Crippen LogP contribution in [0.5, 0.6) is 0 Å². The van der Waals surface area contributed by atoms with Gasteiger partial charge in [-0.1, -0.05) is 30.3 Å². The largest absolute Gasteiger partial charge is 0.469 e. The fourth-order valence-electron chi connectivity index (χ4n) is 2.42. The van der Waals surface area contributed by atoms with Gasteiger partial charge in [-0.2, -0.15) is 0 Å². The van der Waals surface area contributed by atoms with Crippen molar-refractivity contribution in [2.24, 2.45) is 5.73 Å². The van der Waals surface area contributed by atoms with E-state index in [2.05, 4.69) is 15.4 Å². The Kier molecular flexibility index (Phi) is 10.5. The maximum atomic E-state index is 12.7. The van der Waals surface area contributed by atoms with Crippen LogP contribution in [0.25, 0.3) is 0 Å². The highest BCUT2D eigenvalue weighted by molar-refractivity contribution is 5.91. The molecule has 0 heterocycles. The summed E-state index contributed by atoms with van der Waals surface area (Å²) >= 11 is 0. The zero-order chi connectivity index (χ0) is 23.4. The van der Waals surface area contributed by atoms with Crippen molar-refractivity contribution in [3.63, 3.8) is 0 Å². The van der Waals surface area contributed by atoms with Gasteiger partial charge >= 0.3 is 12.1 Å². The fourth-order valence-corrected chi connectivity index (χ4v) is 2.42. The first-order valence-electron chi connectivity index (χ1n) is 9.79. The van der Waals surface area contributed by atoms with Gasteiger partial charge in [0.15, 0.2) is 0 Å². The van der Waals surface area contributed by atoms with Crippen molar-refractivity contribution >= 4 is 23.9 Å². The summed E-state index contributed by atoms with van der Waals surface area (Å²) < 4.78 is 15.3. The van der Waals surface area contributed by atoms with E-state index in [9.17, 15) is 19.2 Å². The number of esters is 1. The Morgan fingerprint density at radius 1 is 1.03 bits per heavy atom. The Morgan fingerprint density at radius 3 is 2.23 bits per heavy atom. The van der Waals surface area contributed by atoms with Crippen LogP contribution in [-0.2, 0) is 35.2 Å². The lowest BCUT2D eigenvalue weighted by atomic mass is 10.1. The molecule has 3 amide bonds. The summed E-state index contributed by atoms with van der Waals surface area (Å²) in [5.74, 6) is -2.07. The second-order valence-corrected chi connectivity index (χ2v) is 7.78. The average molecular weight is 437 g/mol. The molecule has 1 aromatic rings. The minimum absolute atomic E-state index is 0.0439. The number of carbonyl (C=O) groups is 4. The number of nitrogens with one attached hydrogen (secondary N) is 2. The maximum absolute atomic E-state index is 12.7. The number of alkyl carbamates (subject to hydrolysis) is 1. The van der Waals surface area contributed by atoms with Crippen LogP contribution < -0.4 is 16.4 Å². The van der Waals surface area contributed by atoms with Crippen molar-refractivity contribution in [3.05, 3.63) is 35.9 Å². The number of ether oxygens (including phenoxy) is 3. The molecule has 0 unspecified atom stereocenters. The molecule has 2 atom stereocenters. The summed E-state index contributed by atoms with van der Waals surface area (Å²) in [5, 5.41) is 4.88. The smallest absolute Gasteiger partial charge is 0.408 e. The zero-order valence-corrected chi connectivity index (χ0v) is 18.3. The third kappa shape index (κ3) is 11.0. The number of rotatable bonds is 11. The summed E-state index contributed by atoms with van der Waals surface area (Å²) in [6.45, 7) is 5.08. The van der Waals surface area contributed by atoms with E-state index in [4.69, 9.17) is 15.2 Å². The summed E-state index contributed by atoms with van der Waals surface area (Å²) in [6, 6.07) is 6.99. The highest BCUT2D eigenvalue weighted by Gasteiger charge is 2.28. The Bertz CT molecular complexity index is 747. The molecule has 0 saturated heterocycles. The number of amides is 3. The molecule has 0 saturated carbocycles. The zero-order valence-electron chi connectivity index (χ0n) is 18.3. The SMILES string of the molecule is COC(=O)CC[C@@H](NC(=O)[C@H](COCc1ccccc1)NC(=O)OC(C)(C)C)C(N)=O. The van der Waals surface area contributed by atoms with Crippen molar-refractivity contribution in [3.8, 4) is 0 Å². The Hall–Kier alpha value is -3.14. The lowest BCUT2D eigenvalue weighted by Crippen LogP contribution is -2.55. The van der Waals surface area contributed by atoms with Gasteiger partial charge in [-0.25, -0.2) is 4.79 Å². The van der Waals surface area contributed by atoms with E-state index < -0.39 is 41.6 Å². The molecule has 1 aromatic carbocycles. The van der Waals surface area contributed by atoms with Gasteiger partial charge in [0.05, 0.1) is 20.3 Å². The molecule has 0 aliphatic rings. The van der Waals surface area contributed by atoms with Gasteiger partial charge in [-0.05, 0) is 32.8 Å². The molecule has 10 nitrogen and oxygen atoms in total. The Morgan fingerprint density at radius 2 is 1.68 bits per heavy atom. The molecule has 31 heavy (non-hydrogen) atoms. The van der Waals surface area contributed by atoms with E-state index >= 15 is 0 Å². The summed E-state index contributed by atoms with van der Waals surface area (Å²) in [4.78, 5) is 47.9. The highest BCUT2D eigenvalue weighted by atomic mass is 16.6. The quantitative estimate of drug-likeness (QED) is 0.438. The molecule has 0 radical (unpaired) electrons. The average Bonchev–Trinajstić information content (AvgIpc) is 2.69. The number of primary amides is 1. The van der Waals surface area contributed by atoms with Crippen LogP contribution in [0, 0.1) is 0 Å². The normalized spacial score (nSPS) is 12.9. The van der Waals surface area contributed by atoms with Gasteiger partial charge in [-0.15, -0.1) is 0 Å². The molecule has 172 valence electrons. The van der Waals surface area contributed by atoms with Crippen LogP contribution in [-0.4, -0.2) is 55.3 Å². The molecule has 10 heteroatoms. The number of nitrogens with two attached hydrogens (primary N) is 1. The van der Waals surface area contributed by atoms with Gasteiger partial charge in [0.25, 0.3) is 0 Å². The summed E-state index contributed by atoms with van der Waals surface area (Å²) in [5.41, 5.74) is 5.43. The van der Waals surface area contributed by atoms with Crippen LogP contribution in [0.4, 0.5) is 4.79 Å². The van der Waals surface area contributed by atoms with E-state index in [0.29, 0.717) is 0 Å². The number of hydrogen-bond acceptors (Lipinski definition) is 7. The molecule has 0 aromatic heterocycles. The van der Waals surface area contributed by atoms with E-state index in [0.717, 1.165) is 5.56 Å². The summed E-state index contributed by atoms with van der Waals surface area (Å²) in [7, 11) is 1.21. The molecular weight excluding hydrogens is 406 g/mol. The minimum Gasteiger partial charge on any atom is -0.469 e. The van der Waals surface area contributed by atoms with Crippen LogP contribution in [0.15, 0.2) is 30.3 Å². The van der Waals surface area contributed by atoms with Gasteiger partial charge < -0.3 is 30.6 Å². The van der Waals surface area contributed by atoms with E-state index in [1.807, 2.05) is 30.3 Å². The molecule has 0 fully saturated rings. The van der Waals surface area contributed by atoms with Crippen LogP contribution in [0.3, 0.4) is 0 Å². The molecule has 4 N–H and O–H groups in total. The highest BCUT2D eigenvalue weighted by Crippen LogP contribution is 2.08. The first-order valence-corrected chi connectivity index (χ1v) is 9.79. The maximum Gasteiger partial charge on any atom is 0.408 e. The third-order valence-electron chi connectivity index (χ3n) is 3.93. The molecule has 0 aliphatic heterocycles. The summed E-state index contributed by atoms with van der Waals surface area (Å²) in [6.07, 6.45) is -0.974. The second kappa shape index (κ2) is 12.5. The van der Waals surface area contributed by atoms with Gasteiger partial charge in [0, 0.05) is 6.42 Å². The predicted octanol–water partition coefficient (Wildman–Crippen LogP) is 1.02. The molecule has 0 spiro atoms. The Balaban J connectivity index is 2.80. The van der Waals surface area contributed by atoms with Crippen LogP contribution >= 0.6 is 0 Å². The van der Waals surface area contributed by atoms with E-state index in [1.54, 1.807) is 20.8 Å². The van der Waals surface area contributed by atoms with E-state index in [-0.39, 0.29) is 26.1 Å². The first-order chi connectivity index (χ1) is 14.5. The molecule has 0 bridgehead atoms. The van der Waals surface area contributed by atoms with Crippen molar-refractivity contribution < 1.29 is 33.4 Å². The molecular formula is C21H31N3O7. The third-order valence-corrected chi connectivity index (χ3v) is 3.93. The van der Waals surface area contributed by atoms with Crippen molar-refractivity contribution in [2.45, 2.75) is 57.9 Å². The van der Waals surface area contributed by atoms with Gasteiger partial charge in [0.1, 0.15) is 17.7 Å². The molecule has 0 aliphatic carbocycles. The predicted molar refractivity (Wildman–Crippen MR) is 112 cm³/mol. The van der Waals surface area contributed by atoms with Crippen LogP contribution in [0.2, 0.25) is 0 Å².